The molecule has 0 unspecified atom stereocenters. The number of thioether (sulfide) groups is 1. The van der Waals surface area contributed by atoms with Crippen LogP contribution in [0.3, 0.4) is 0 Å². The van der Waals surface area contributed by atoms with Gasteiger partial charge < -0.3 is 24.7 Å². The van der Waals surface area contributed by atoms with E-state index in [-0.39, 0.29) is 34.2 Å². The summed E-state index contributed by atoms with van der Waals surface area (Å²) in [6, 6.07) is 7.88. The minimum absolute atomic E-state index is 0.0470. The molecule has 0 bridgehead atoms. The predicted molar refractivity (Wildman–Crippen MR) is 137 cm³/mol. The van der Waals surface area contributed by atoms with Crippen LogP contribution in [0.4, 0.5) is 5.69 Å². The Labute approximate surface area is 221 Å². The first-order chi connectivity index (χ1) is 16.8. The molecule has 2 amide bonds. The number of nitrogens with zero attached hydrogens (tertiary/aromatic N) is 3. The van der Waals surface area contributed by atoms with Gasteiger partial charge in [0.1, 0.15) is 0 Å². The first-order valence-electron chi connectivity index (χ1n) is 10.3. The topological polar surface area (TPSA) is 107 Å². The van der Waals surface area contributed by atoms with Gasteiger partial charge in [0.05, 0.1) is 42.2 Å². The average Bonchev–Trinajstić information content (AvgIpc) is 3.24. The third-order valence-electron chi connectivity index (χ3n) is 4.77. The fourth-order valence-electron chi connectivity index (χ4n) is 3.08. The van der Waals surface area contributed by atoms with E-state index in [9.17, 15) is 9.59 Å². The van der Waals surface area contributed by atoms with E-state index in [4.69, 9.17) is 44.3 Å². The third-order valence-corrected chi connectivity index (χ3v) is 6.55. The molecule has 2 aromatic carbocycles. The molecular weight excluding hydrogens is 537 g/mol. The van der Waals surface area contributed by atoms with E-state index in [0.717, 1.165) is 0 Å². The van der Waals surface area contributed by atoms with Crippen molar-refractivity contribution in [1.82, 2.24) is 20.1 Å². The Kier molecular flexibility index (Phi) is 9.50. The molecule has 0 saturated carbocycles. The summed E-state index contributed by atoms with van der Waals surface area (Å²) in [5, 5.41) is 15.2. The van der Waals surface area contributed by atoms with Crippen LogP contribution in [-0.2, 0) is 17.9 Å². The number of hydrogen-bond acceptors (Lipinski definition) is 7. The summed E-state index contributed by atoms with van der Waals surface area (Å²) in [5.41, 5.74) is 0.704. The summed E-state index contributed by atoms with van der Waals surface area (Å²) in [6.07, 6.45) is 0. The Morgan fingerprint density at radius 1 is 1.03 bits per heavy atom. The number of amides is 2. The molecule has 3 rings (SSSR count). The first-order valence-corrected chi connectivity index (χ1v) is 12.4. The monoisotopic (exact) mass is 557 g/mol. The van der Waals surface area contributed by atoms with Crippen LogP contribution in [0.5, 0.6) is 11.5 Å². The highest BCUT2D eigenvalue weighted by Crippen LogP contribution is 2.34. The van der Waals surface area contributed by atoms with Crippen LogP contribution in [0, 0.1) is 0 Å². The molecule has 3 aromatic rings. The fourth-order valence-corrected chi connectivity index (χ4v) is 4.81. The first kappa shape index (κ1) is 26.9. The second kappa shape index (κ2) is 12.3. The molecule has 0 atom stereocenters. The third kappa shape index (κ3) is 6.72. The van der Waals surface area contributed by atoms with Crippen molar-refractivity contribution in [3.63, 3.8) is 0 Å². The summed E-state index contributed by atoms with van der Waals surface area (Å²) in [6.45, 7) is 2.62. The number of carbonyl (C=O) groups is 2. The molecule has 0 aliphatic heterocycles. The van der Waals surface area contributed by atoms with E-state index in [1.54, 1.807) is 18.2 Å². The van der Waals surface area contributed by atoms with Crippen LogP contribution in [0.1, 0.15) is 23.1 Å². The normalized spacial score (nSPS) is 10.7. The number of benzene rings is 2. The molecule has 0 radical (unpaired) electrons. The molecule has 13 heteroatoms. The molecule has 0 saturated heterocycles. The van der Waals surface area contributed by atoms with Crippen molar-refractivity contribution in [1.29, 1.82) is 0 Å². The lowest BCUT2D eigenvalue weighted by Crippen LogP contribution is -2.25. The number of anilines is 1. The molecule has 1 aromatic heterocycles. The van der Waals surface area contributed by atoms with E-state index in [1.165, 1.54) is 38.1 Å². The van der Waals surface area contributed by atoms with Gasteiger partial charge in [-0.3, -0.25) is 9.59 Å². The second-order valence-corrected chi connectivity index (χ2v) is 9.17. The molecule has 35 heavy (non-hydrogen) atoms. The van der Waals surface area contributed by atoms with Crippen LogP contribution in [0.15, 0.2) is 35.5 Å². The minimum atomic E-state index is -0.324. The maximum atomic E-state index is 12.6. The van der Waals surface area contributed by atoms with Gasteiger partial charge in [-0.2, -0.15) is 0 Å². The van der Waals surface area contributed by atoms with E-state index in [0.29, 0.717) is 45.3 Å². The Balaban J connectivity index is 1.61. The van der Waals surface area contributed by atoms with Crippen molar-refractivity contribution < 1.29 is 19.1 Å². The van der Waals surface area contributed by atoms with Crippen LogP contribution < -0.4 is 20.1 Å². The number of hydrogen-bond donors (Lipinski definition) is 2. The minimum Gasteiger partial charge on any atom is -0.493 e. The molecule has 186 valence electrons. The summed E-state index contributed by atoms with van der Waals surface area (Å²) >= 11 is 19.3. The van der Waals surface area contributed by atoms with Gasteiger partial charge in [-0.1, -0.05) is 46.6 Å². The van der Waals surface area contributed by atoms with Gasteiger partial charge in [0, 0.05) is 17.1 Å². The largest absolute Gasteiger partial charge is 0.493 e. The zero-order valence-corrected chi connectivity index (χ0v) is 22.1. The van der Waals surface area contributed by atoms with Gasteiger partial charge in [0.15, 0.2) is 22.5 Å². The lowest BCUT2D eigenvalue weighted by atomic mass is 10.2. The second-order valence-electron chi connectivity index (χ2n) is 6.98. The number of methoxy groups -OCH3 is 2. The number of halogens is 3. The van der Waals surface area contributed by atoms with Gasteiger partial charge in [0.25, 0.3) is 5.91 Å². The maximum Gasteiger partial charge on any atom is 0.251 e. The van der Waals surface area contributed by atoms with Crippen molar-refractivity contribution in [2.75, 3.05) is 25.3 Å². The van der Waals surface area contributed by atoms with Crippen molar-refractivity contribution in [2.24, 2.45) is 0 Å². The van der Waals surface area contributed by atoms with E-state index in [1.807, 2.05) is 11.5 Å². The average molecular weight is 559 g/mol. The molecule has 0 aliphatic rings. The van der Waals surface area contributed by atoms with Crippen LogP contribution in [0.25, 0.3) is 0 Å². The van der Waals surface area contributed by atoms with Crippen LogP contribution in [-0.4, -0.2) is 46.6 Å². The number of aromatic nitrogens is 3. The van der Waals surface area contributed by atoms with E-state index >= 15 is 0 Å². The zero-order chi connectivity index (χ0) is 25.5. The highest BCUT2D eigenvalue weighted by atomic mass is 35.5. The van der Waals surface area contributed by atoms with Gasteiger partial charge in [-0.15, -0.1) is 10.2 Å². The van der Waals surface area contributed by atoms with Crippen LogP contribution in [0.2, 0.25) is 15.1 Å². The Hall–Kier alpha value is -2.66. The predicted octanol–water partition coefficient (Wildman–Crippen LogP) is 4.94. The van der Waals surface area contributed by atoms with Gasteiger partial charge in [-0.05, 0) is 37.3 Å². The number of ether oxygens (including phenoxy) is 2. The Morgan fingerprint density at radius 3 is 2.34 bits per heavy atom. The van der Waals surface area contributed by atoms with E-state index < -0.39 is 0 Å². The molecule has 2 N–H and O–H groups in total. The Bertz CT molecular complexity index is 1210. The molecule has 1 heterocycles. The van der Waals surface area contributed by atoms with Crippen molar-refractivity contribution in [3.05, 3.63) is 56.8 Å². The smallest absolute Gasteiger partial charge is 0.251 e. The van der Waals surface area contributed by atoms with Gasteiger partial charge in [-0.25, -0.2) is 0 Å². The molecule has 0 spiro atoms. The molecular formula is C22H22Cl3N5O4S. The van der Waals surface area contributed by atoms with Crippen LogP contribution >= 0.6 is 46.6 Å². The van der Waals surface area contributed by atoms with Gasteiger partial charge in [0.2, 0.25) is 5.91 Å². The summed E-state index contributed by atoms with van der Waals surface area (Å²) < 4.78 is 12.3. The quantitative estimate of drug-likeness (QED) is 0.340. The fraction of sp³-hybridized carbons (Fsp3) is 0.273. The highest BCUT2D eigenvalue weighted by Gasteiger charge is 2.17. The zero-order valence-electron chi connectivity index (χ0n) is 19.0. The Morgan fingerprint density at radius 2 is 1.71 bits per heavy atom. The van der Waals surface area contributed by atoms with E-state index in [2.05, 4.69) is 20.8 Å². The lowest BCUT2D eigenvalue weighted by molar-refractivity contribution is -0.113. The standard InChI is InChI=1S/C22H22Cl3N5O4S/c1-4-30-18(10-26-21(32)12-5-6-16(33-2)17(7-12)34-3)28-29-22(30)35-11-19(31)27-20-14(24)8-13(23)9-15(20)25/h5-9H,4,10-11H2,1-3H3,(H,26,32)(H,27,31). The van der Waals surface area contributed by atoms with Gasteiger partial charge >= 0.3 is 0 Å². The van der Waals surface area contributed by atoms with Crippen molar-refractivity contribution >= 4 is 64.1 Å². The van der Waals surface area contributed by atoms with Crippen molar-refractivity contribution in [3.8, 4) is 11.5 Å². The number of carbonyl (C=O) groups excluding carboxylic acids is 2. The van der Waals surface area contributed by atoms with Crippen molar-refractivity contribution in [2.45, 2.75) is 25.2 Å². The maximum absolute atomic E-state index is 12.6. The summed E-state index contributed by atoms with van der Waals surface area (Å²) in [5.74, 6) is 0.951. The molecule has 9 nitrogen and oxygen atoms in total. The summed E-state index contributed by atoms with van der Waals surface area (Å²) in [4.78, 5) is 25.0. The molecule has 0 fully saturated rings. The molecule has 0 aliphatic carbocycles. The summed E-state index contributed by atoms with van der Waals surface area (Å²) in [7, 11) is 3.03. The highest BCUT2D eigenvalue weighted by molar-refractivity contribution is 7.99. The lowest BCUT2D eigenvalue weighted by Gasteiger charge is -2.11. The SMILES string of the molecule is CCn1c(CNC(=O)c2ccc(OC)c(OC)c2)nnc1SCC(=O)Nc1c(Cl)cc(Cl)cc1Cl. The number of rotatable bonds is 10. The number of nitrogens with one attached hydrogen (secondary N) is 2.